The van der Waals surface area contributed by atoms with E-state index in [-0.39, 0.29) is 22.8 Å². The second-order valence-electron chi connectivity index (χ2n) is 6.19. The summed E-state index contributed by atoms with van der Waals surface area (Å²) in [6.07, 6.45) is 4.93. The van der Waals surface area contributed by atoms with Crippen molar-refractivity contribution in [1.29, 1.82) is 0 Å². The smallest absolute Gasteiger partial charge is 0.276 e. The maximum atomic E-state index is 12.5. The molecule has 20 heavy (non-hydrogen) atoms. The molecule has 2 aliphatic rings. The summed E-state index contributed by atoms with van der Waals surface area (Å²) in [5.41, 5.74) is 0.420. The van der Waals surface area contributed by atoms with Crippen LogP contribution in [0.5, 0.6) is 5.75 Å². The van der Waals surface area contributed by atoms with Crippen LogP contribution in [0.3, 0.4) is 0 Å². The topological polar surface area (TPSA) is 56.7 Å². The standard InChI is InChI=1S/C15H21N3O2/c1-17-9-6-15(10-17)5-3-8-18(11-15)14(20)13-12(19)4-2-7-16-13/h2,4,7,19H,3,5-6,8-11H2,1H3/t15-/m1/s1. The molecule has 1 aromatic rings. The molecular weight excluding hydrogens is 254 g/mol. The number of rotatable bonds is 1. The van der Waals surface area contributed by atoms with Crippen LogP contribution in [-0.4, -0.2) is 59.0 Å². The zero-order chi connectivity index (χ0) is 14.2. The lowest BCUT2D eigenvalue weighted by Gasteiger charge is -2.40. The number of amides is 1. The van der Waals surface area contributed by atoms with Gasteiger partial charge in [0.1, 0.15) is 5.75 Å². The third kappa shape index (κ3) is 2.38. The lowest BCUT2D eigenvalue weighted by atomic mass is 9.79. The monoisotopic (exact) mass is 275 g/mol. The summed E-state index contributed by atoms with van der Waals surface area (Å²) in [7, 11) is 2.14. The van der Waals surface area contributed by atoms with Gasteiger partial charge in [-0.05, 0) is 45.0 Å². The van der Waals surface area contributed by atoms with Crippen molar-refractivity contribution >= 4 is 5.91 Å². The van der Waals surface area contributed by atoms with Crippen molar-refractivity contribution < 1.29 is 9.90 Å². The molecule has 1 amide bonds. The molecule has 1 aromatic heterocycles. The van der Waals surface area contributed by atoms with Crippen molar-refractivity contribution in [2.45, 2.75) is 19.3 Å². The lowest BCUT2D eigenvalue weighted by molar-refractivity contribution is 0.0526. The molecule has 2 fully saturated rings. The van der Waals surface area contributed by atoms with Crippen molar-refractivity contribution in [3.63, 3.8) is 0 Å². The van der Waals surface area contributed by atoms with Crippen molar-refractivity contribution in [1.82, 2.24) is 14.8 Å². The average molecular weight is 275 g/mol. The van der Waals surface area contributed by atoms with Crippen molar-refractivity contribution in [3.8, 4) is 5.75 Å². The number of carbonyl (C=O) groups excluding carboxylic acids is 1. The third-order valence-electron chi connectivity index (χ3n) is 4.57. The van der Waals surface area contributed by atoms with Gasteiger partial charge in [0.25, 0.3) is 5.91 Å². The van der Waals surface area contributed by atoms with Gasteiger partial charge in [-0.1, -0.05) is 0 Å². The quantitative estimate of drug-likeness (QED) is 0.840. The first-order valence-electron chi connectivity index (χ1n) is 7.21. The maximum Gasteiger partial charge on any atom is 0.276 e. The van der Waals surface area contributed by atoms with E-state index in [9.17, 15) is 9.90 Å². The fraction of sp³-hybridized carbons (Fsp3) is 0.600. The van der Waals surface area contributed by atoms with Gasteiger partial charge in [-0.3, -0.25) is 4.79 Å². The normalized spacial score (nSPS) is 27.1. The molecule has 3 heterocycles. The van der Waals surface area contributed by atoms with Gasteiger partial charge in [0.05, 0.1) is 0 Å². The predicted octanol–water partition coefficient (Wildman–Crippen LogP) is 1.35. The first-order chi connectivity index (χ1) is 9.60. The van der Waals surface area contributed by atoms with E-state index in [1.165, 1.54) is 12.5 Å². The minimum absolute atomic E-state index is 0.0272. The highest BCUT2D eigenvalue weighted by atomic mass is 16.3. The SMILES string of the molecule is CN1CC[C@]2(CCCN(C(=O)c3ncccc3O)C2)C1. The van der Waals surface area contributed by atoms with E-state index in [1.54, 1.807) is 12.3 Å². The molecule has 3 rings (SSSR count). The van der Waals surface area contributed by atoms with E-state index in [4.69, 9.17) is 0 Å². The number of hydrogen-bond donors (Lipinski definition) is 1. The van der Waals surface area contributed by atoms with E-state index < -0.39 is 0 Å². The van der Waals surface area contributed by atoms with Gasteiger partial charge in [-0.15, -0.1) is 0 Å². The number of carbonyl (C=O) groups is 1. The Hall–Kier alpha value is -1.62. The predicted molar refractivity (Wildman–Crippen MR) is 75.6 cm³/mol. The summed E-state index contributed by atoms with van der Waals surface area (Å²) in [5, 5.41) is 9.79. The summed E-state index contributed by atoms with van der Waals surface area (Å²) in [6, 6.07) is 3.15. The van der Waals surface area contributed by atoms with Crippen LogP contribution in [-0.2, 0) is 0 Å². The molecule has 0 radical (unpaired) electrons. The maximum absolute atomic E-state index is 12.5. The molecule has 0 aliphatic carbocycles. The first-order valence-corrected chi connectivity index (χ1v) is 7.21. The van der Waals surface area contributed by atoms with E-state index in [2.05, 4.69) is 16.9 Å². The Morgan fingerprint density at radius 2 is 2.20 bits per heavy atom. The van der Waals surface area contributed by atoms with E-state index >= 15 is 0 Å². The van der Waals surface area contributed by atoms with Crippen molar-refractivity contribution in [2.75, 3.05) is 33.2 Å². The molecule has 2 aliphatic heterocycles. The Bertz CT molecular complexity index is 516. The average Bonchev–Trinajstić information content (AvgIpc) is 2.79. The Morgan fingerprint density at radius 1 is 1.35 bits per heavy atom. The van der Waals surface area contributed by atoms with Crippen LogP contribution in [0.4, 0.5) is 0 Å². The largest absolute Gasteiger partial charge is 0.505 e. The Labute approximate surface area is 119 Å². The Kier molecular flexibility index (Phi) is 3.38. The molecular formula is C15H21N3O2. The van der Waals surface area contributed by atoms with E-state index in [1.807, 2.05) is 4.90 Å². The number of nitrogens with zero attached hydrogens (tertiary/aromatic N) is 3. The van der Waals surface area contributed by atoms with Gasteiger partial charge in [0.2, 0.25) is 0 Å². The number of likely N-dealkylation sites (tertiary alicyclic amines) is 2. The van der Waals surface area contributed by atoms with Crippen LogP contribution in [0.1, 0.15) is 29.8 Å². The zero-order valence-electron chi connectivity index (χ0n) is 11.9. The summed E-state index contributed by atoms with van der Waals surface area (Å²) in [6.45, 7) is 3.72. The van der Waals surface area contributed by atoms with Crippen LogP contribution in [0.15, 0.2) is 18.3 Å². The number of aromatic hydroxyl groups is 1. The molecule has 1 spiro atoms. The molecule has 0 saturated carbocycles. The number of pyridine rings is 1. The Balaban J connectivity index is 1.77. The molecule has 0 aromatic carbocycles. The minimum atomic E-state index is -0.142. The zero-order valence-corrected chi connectivity index (χ0v) is 11.9. The Morgan fingerprint density at radius 3 is 2.90 bits per heavy atom. The van der Waals surface area contributed by atoms with Gasteiger partial charge in [-0.25, -0.2) is 4.98 Å². The van der Waals surface area contributed by atoms with Crippen LogP contribution < -0.4 is 0 Å². The van der Waals surface area contributed by atoms with Gasteiger partial charge in [0.15, 0.2) is 5.69 Å². The van der Waals surface area contributed by atoms with Crippen molar-refractivity contribution in [3.05, 3.63) is 24.0 Å². The fourth-order valence-electron chi connectivity index (χ4n) is 3.58. The number of hydrogen-bond acceptors (Lipinski definition) is 4. The van der Waals surface area contributed by atoms with Crippen LogP contribution in [0.2, 0.25) is 0 Å². The van der Waals surface area contributed by atoms with Crippen molar-refractivity contribution in [2.24, 2.45) is 5.41 Å². The molecule has 0 bridgehead atoms. The highest BCUT2D eigenvalue weighted by molar-refractivity contribution is 5.94. The van der Waals surface area contributed by atoms with Crippen LogP contribution in [0, 0.1) is 5.41 Å². The molecule has 0 unspecified atom stereocenters. The highest BCUT2D eigenvalue weighted by Crippen LogP contribution is 2.38. The summed E-state index contributed by atoms with van der Waals surface area (Å²) in [4.78, 5) is 20.8. The van der Waals surface area contributed by atoms with Gasteiger partial charge in [0, 0.05) is 31.2 Å². The summed E-state index contributed by atoms with van der Waals surface area (Å²) < 4.78 is 0. The number of aromatic nitrogens is 1. The molecule has 108 valence electrons. The second kappa shape index (κ2) is 5.05. The van der Waals surface area contributed by atoms with Gasteiger partial charge in [-0.2, -0.15) is 0 Å². The van der Waals surface area contributed by atoms with E-state index in [0.29, 0.717) is 0 Å². The fourth-order valence-corrected chi connectivity index (χ4v) is 3.58. The highest BCUT2D eigenvalue weighted by Gasteiger charge is 2.41. The summed E-state index contributed by atoms with van der Waals surface area (Å²) in [5.74, 6) is -0.169. The summed E-state index contributed by atoms with van der Waals surface area (Å²) >= 11 is 0. The molecule has 1 atom stereocenters. The second-order valence-corrected chi connectivity index (χ2v) is 6.19. The molecule has 2 saturated heterocycles. The third-order valence-corrected chi connectivity index (χ3v) is 4.57. The lowest BCUT2D eigenvalue weighted by Crippen LogP contribution is -2.47. The van der Waals surface area contributed by atoms with E-state index in [0.717, 1.165) is 39.0 Å². The minimum Gasteiger partial charge on any atom is -0.505 e. The van der Waals surface area contributed by atoms with Gasteiger partial charge >= 0.3 is 0 Å². The van der Waals surface area contributed by atoms with Crippen LogP contribution >= 0.6 is 0 Å². The number of piperidine rings is 1. The molecule has 5 nitrogen and oxygen atoms in total. The van der Waals surface area contributed by atoms with Gasteiger partial charge < -0.3 is 14.9 Å². The van der Waals surface area contributed by atoms with Crippen LogP contribution in [0.25, 0.3) is 0 Å². The molecule has 5 heteroatoms. The first kappa shape index (κ1) is 13.4. The molecule has 1 N–H and O–H groups in total.